The van der Waals surface area contributed by atoms with Gasteiger partial charge in [-0.2, -0.15) is 0 Å². The van der Waals surface area contributed by atoms with Gasteiger partial charge in [-0.25, -0.2) is 0 Å². The van der Waals surface area contributed by atoms with E-state index < -0.39 is 5.25 Å². The molecule has 124 valence electrons. The lowest BCUT2D eigenvalue weighted by Gasteiger charge is -2.24. The highest BCUT2D eigenvalue weighted by Gasteiger charge is 2.29. The highest BCUT2D eigenvalue weighted by molar-refractivity contribution is 8.01. The van der Waals surface area contributed by atoms with Gasteiger partial charge in [0.1, 0.15) is 0 Å². The fourth-order valence-electron chi connectivity index (χ4n) is 2.44. The Morgan fingerprint density at radius 2 is 2.29 bits per heavy atom. The number of carbonyl (C=O) groups excluding carboxylic acids is 2. The molecule has 24 heavy (non-hydrogen) atoms. The fraction of sp³-hybridized carbons (Fsp3) is 0.235. The zero-order chi connectivity index (χ0) is 17.1. The first-order valence-electron chi connectivity index (χ1n) is 7.49. The van der Waals surface area contributed by atoms with Crippen LogP contribution in [0.3, 0.4) is 0 Å². The molecule has 0 radical (unpaired) electrons. The first-order chi connectivity index (χ1) is 11.5. The van der Waals surface area contributed by atoms with Gasteiger partial charge in [0.25, 0.3) is 0 Å². The SMILES string of the molecule is CC(NC(=O)CC1Sc2ccc(Cl)cc2NC1=O)c1cccnc1. The predicted octanol–water partition coefficient (Wildman–Crippen LogP) is 3.42. The molecule has 0 fully saturated rings. The average Bonchev–Trinajstić information content (AvgIpc) is 2.56. The molecule has 0 saturated carbocycles. The van der Waals surface area contributed by atoms with Crippen LogP contribution in [0.15, 0.2) is 47.6 Å². The molecule has 2 aromatic rings. The minimum atomic E-state index is -0.459. The molecule has 2 unspecified atom stereocenters. The zero-order valence-electron chi connectivity index (χ0n) is 13.0. The summed E-state index contributed by atoms with van der Waals surface area (Å²) >= 11 is 7.31. The summed E-state index contributed by atoms with van der Waals surface area (Å²) < 4.78 is 0. The summed E-state index contributed by atoms with van der Waals surface area (Å²) in [5.74, 6) is -0.352. The minimum absolute atomic E-state index is 0.114. The second-order valence-electron chi connectivity index (χ2n) is 5.52. The van der Waals surface area contributed by atoms with Gasteiger partial charge < -0.3 is 10.6 Å². The number of benzene rings is 1. The first kappa shape index (κ1) is 16.8. The van der Waals surface area contributed by atoms with E-state index in [-0.39, 0.29) is 24.3 Å². The van der Waals surface area contributed by atoms with Crippen LogP contribution in [0, 0.1) is 0 Å². The average molecular weight is 362 g/mol. The van der Waals surface area contributed by atoms with Crippen molar-refractivity contribution in [2.24, 2.45) is 0 Å². The molecule has 2 N–H and O–H groups in total. The second-order valence-corrected chi connectivity index (χ2v) is 7.20. The van der Waals surface area contributed by atoms with Crippen LogP contribution in [0.5, 0.6) is 0 Å². The quantitative estimate of drug-likeness (QED) is 0.875. The number of halogens is 1. The lowest BCUT2D eigenvalue weighted by atomic mass is 10.1. The molecule has 0 saturated heterocycles. The summed E-state index contributed by atoms with van der Waals surface area (Å²) in [6.07, 6.45) is 3.51. The molecule has 2 atom stereocenters. The number of nitrogens with one attached hydrogen (secondary N) is 2. The van der Waals surface area contributed by atoms with Crippen molar-refractivity contribution in [2.45, 2.75) is 29.5 Å². The Hall–Kier alpha value is -2.05. The second kappa shape index (κ2) is 7.23. The molecule has 1 aliphatic rings. The number of carbonyl (C=O) groups is 2. The van der Waals surface area contributed by atoms with E-state index in [1.54, 1.807) is 24.5 Å². The Labute approximate surface area is 149 Å². The van der Waals surface area contributed by atoms with Gasteiger partial charge in [-0.1, -0.05) is 17.7 Å². The van der Waals surface area contributed by atoms with Crippen LogP contribution >= 0.6 is 23.4 Å². The highest BCUT2D eigenvalue weighted by atomic mass is 35.5. The number of pyridine rings is 1. The fourth-order valence-corrected chi connectivity index (χ4v) is 3.70. The summed E-state index contributed by atoms with van der Waals surface area (Å²) in [6, 6.07) is 8.90. The standard InChI is InChI=1S/C17H16ClN3O2S/c1-10(11-3-2-6-19-9-11)20-16(22)8-15-17(23)21-13-7-12(18)4-5-14(13)24-15/h2-7,9-10,15H,8H2,1H3,(H,20,22)(H,21,23). The molecule has 1 aromatic carbocycles. The smallest absolute Gasteiger partial charge is 0.238 e. The van der Waals surface area contributed by atoms with E-state index in [9.17, 15) is 9.59 Å². The molecular formula is C17H16ClN3O2S. The Bertz CT molecular complexity index is 770. The molecule has 5 nitrogen and oxygen atoms in total. The topological polar surface area (TPSA) is 71.1 Å². The Balaban J connectivity index is 1.62. The normalized spacial score (nSPS) is 17.6. The molecule has 1 aromatic heterocycles. The molecule has 1 aliphatic heterocycles. The van der Waals surface area contributed by atoms with Crippen molar-refractivity contribution in [3.05, 3.63) is 53.3 Å². The van der Waals surface area contributed by atoms with Gasteiger partial charge >= 0.3 is 0 Å². The number of aromatic nitrogens is 1. The van der Waals surface area contributed by atoms with E-state index in [0.29, 0.717) is 10.7 Å². The zero-order valence-corrected chi connectivity index (χ0v) is 14.5. The monoisotopic (exact) mass is 361 g/mol. The highest BCUT2D eigenvalue weighted by Crippen LogP contribution is 2.38. The third-order valence-electron chi connectivity index (χ3n) is 3.69. The summed E-state index contributed by atoms with van der Waals surface area (Å²) in [5, 5.41) is 5.82. The van der Waals surface area contributed by atoms with Crippen molar-refractivity contribution >= 4 is 40.9 Å². The van der Waals surface area contributed by atoms with Gasteiger partial charge in [0.15, 0.2) is 0 Å². The number of amides is 2. The summed E-state index contributed by atoms with van der Waals surface area (Å²) in [4.78, 5) is 29.4. The van der Waals surface area contributed by atoms with Crippen LogP contribution in [0.2, 0.25) is 5.02 Å². The maximum atomic E-state index is 12.3. The molecule has 0 bridgehead atoms. The lowest BCUT2D eigenvalue weighted by Crippen LogP contribution is -2.35. The van der Waals surface area contributed by atoms with Crippen molar-refractivity contribution in [3.8, 4) is 0 Å². The van der Waals surface area contributed by atoms with Crippen LogP contribution in [0.25, 0.3) is 0 Å². The van der Waals surface area contributed by atoms with Crippen LogP contribution < -0.4 is 10.6 Å². The van der Waals surface area contributed by atoms with Crippen molar-refractivity contribution in [3.63, 3.8) is 0 Å². The van der Waals surface area contributed by atoms with Gasteiger partial charge in [-0.05, 0) is 36.8 Å². The molecule has 3 rings (SSSR count). The molecule has 2 heterocycles. The maximum Gasteiger partial charge on any atom is 0.238 e. The van der Waals surface area contributed by atoms with Crippen LogP contribution in [-0.4, -0.2) is 22.0 Å². The van der Waals surface area contributed by atoms with E-state index >= 15 is 0 Å². The van der Waals surface area contributed by atoms with Gasteiger partial charge in [0.05, 0.1) is 17.0 Å². The molecule has 2 amide bonds. The molecule has 7 heteroatoms. The number of rotatable bonds is 4. The molecular weight excluding hydrogens is 346 g/mol. The van der Waals surface area contributed by atoms with Crippen LogP contribution in [-0.2, 0) is 9.59 Å². The lowest BCUT2D eigenvalue weighted by molar-refractivity contribution is -0.124. The Morgan fingerprint density at radius 1 is 1.46 bits per heavy atom. The van der Waals surface area contributed by atoms with Crippen molar-refractivity contribution in [1.82, 2.24) is 10.3 Å². The third kappa shape index (κ3) is 3.88. The number of fused-ring (bicyclic) bond motifs is 1. The van der Waals surface area contributed by atoms with Crippen LogP contribution in [0.4, 0.5) is 5.69 Å². The number of anilines is 1. The third-order valence-corrected chi connectivity index (χ3v) is 5.20. The van der Waals surface area contributed by atoms with Crippen molar-refractivity contribution < 1.29 is 9.59 Å². The van der Waals surface area contributed by atoms with E-state index in [1.165, 1.54) is 11.8 Å². The van der Waals surface area contributed by atoms with E-state index in [4.69, 9.17) is 11.6 Å². The van der Waals surface area contributed by atoms with Crippen LogP contribution in [0.1, 0.15) is 24.9 Å². The number of hydrogen-bond donors (Lipinski definition) is 2. The van der Waals surface area contributed by atoms with Crippen molar-refractivity contribution in [1.29, 1.82) is 0 Å². The maximum absolute atomic E-state index is 12.3. The largest absolute Gasteiger partial charge is 0.349 e. The summed E-state index contributed by atoms with van der Waals surface area (Å²) in [5.41, 5.74) is 1.62. The number of nitrogens with zero attached hydrogens (tertiary/aromatic N) is 1. The van der Waals surface area contributed by atoms with E-state index in [1.807, 2.05) is 25.1 Å². The van der Waals surface area contributed by atoms with Gasteiger partial charge in [0.2, 0.25) is 11.8 Å². The Morgan fingerprint density at radius 3 is 3.04 bits per heavy atom. The molecule has 0 spiro atoms. The molecule has 0 aliphatic carbocycles. The number of hydrogen-bond acceptors (Lipinski definition) is 4. The van der Waals surface area contributed by atoms with Gasteiger partial charge in [-0.3, -0.25) is 14.6 Å². The van der Waals surface area contributed by atoms with Gasteiger partial charge in [-0.15, -0.1) is 11.8 Å². The van der Waals surface area contributed by atoms with Crippen molar-refractivity contribution in [2.75, 3.05) is 5.32 Å². The Kier molecular flexibility index (Phi) is 5.06. The number of thioether (sulfide) groups is 1. The van der Waals surface area contributed by atoms with E-state index in [0.717, 1.165) is 10.5 Å². The summed E-state index contributed by atoms with van der Waals surface area (Å²) in [6.45, 7) is 1.89. The minimum Gasteiger partial charge on any atom is -0.349 e. The predicted molar refractivity (Wildman–Crippen MR) is 95.1 cm³/mol. The van der Waals surface area contributed by atoms with Gasteiger partial charge in [0, 0.05) is 28.7 Å². The summed E-state index contributed by atoms with van der Waals surface area (Å²) in [7, 11) is 0. The first-order valence-corrected chi connectivity index (χ1v) is 8.75. The van der Waals surface area contributed by atoms with E-state index in [2.05, 4.69) is 15.6 Å².